The zero-order chi connectivity index (χ0) is 18.4. The Bertz CT molecular complexity index is 834. The van der Waals surface area contributed by atoms with Gasteiger partial charge in [0.05, 0.1) is 18.8 Å². The van der Waals surface area contributed by atoms with Gasteiger partial charge in [-0.05, 0) is 48.6 Å². The lowest BCUT2D eigenvalue weighted by Gasteiger charge is -2.22. The molecule has 0 spiro atoms. The third-order valence-electron chi connectivity index (χ3n) is 4.71. The molecule has 0 amide bonds. The molecular weight excluding hydrogens is 316 g/mol. The van der Waals surface area contributed by atoms with Crippen LogP contribution in [0.15, 0.2) is 84.0 Å². The molecule has 3 aromatic carbocycles. The molecule has 0 bridgehead atoms. The zero-order valence-electron chi connectivity index (χ0n) is 15.8. The Kier molecular flexibility index (Phi) is 5.85. The molecule has 0 aliphatic carbocycles. The van der Waals surface area contributed by atoms with Crippen LogP contribution in [0.5, 0.6) is 0 Å². The van der Waals surface area contributed by atoms with Crippen molar-refractivity contribution >= 4 is 5.71 Å². The van der Waals surface area contributed by atoms with E-state index in [0.717, 1.165) is 24.4 Å². The Morgan fingerprint density at radius 3 is 1.65 bits per heavy atom. The standard InChI is InChI=1S/C24H26N2/c1-19-11-7-9-15-23(19)17-26(18-24-16-10-8-12-20(24)2)25-21(3)22-13-5-4-6-14-22/h4-16H,17-18H2,1-3H3/b25-21+. The van der Waals surface area contributed by atoms with Crippen LogP contribution in [0.3, 0.4) is 0 Å². The first-order chi connectivity index (χ1) is 12.6. The largest absolute Gasteiger partial charge is 0.288 e. The van der Waals surface area contributed by atoms with Crippen molar-refractivity contribution in [3.05, 3.63) is 107 Å². The van der Waals surface area contributed by atoms with Gasteiger partial charge >= 0.3 is 0 Å². The molecule has 2 heteroatoms. The van der Waals surface area contributed by atoms with Crippen LogP contribution in [-0.2, 0) is 13.1 Å². The number of nitrogens with zero attached hydrogens (tertiary/aromatic N) is 2. The topological polar surface area (TPSA) is 15.6 Å². The number of hydrogen-bond acceptors (Lipinski definition) is 2. The Hall–Kier alpha value is -2.87. The molecule has 0 aliphatic rings. The number of rotatable bonds is 6. The summed E-state index contributed by atoms with van der Waals surface area (Å²) < 4.78 is 0. The quantitative estimate of drug-likeness (QED) is 0.412. The minimum atomic E-state index is 0.797. The average Bonchev–Trinajstić information content (AvgIpc) is 2.66. The lowest BCUT2D eigenvalue weighted by atomic mass is 10.1. The van der Waals surface area contributed by atoms with Gasteiger partial charge in [-0.2, -0.15) is 5.10 Å². The van der Waals surface area contributed by atoms with Gasteiger partial charge in [0.25, 0.3) is 0 Å². The molecule has 26 heavy (non-hydrogen) atoms. The summed E-state index contributed by atoms with van der Waals surface area (Å²) in [5, 5.41) is 7.14. The normalized spacial score (nSPS) is 11.4. The molecular formula is C24H26N2. The molecule has 0 atom stereocenters. The molecule has 0 heterocycles. The van der Waals surface area contributed by atoms with Gasteiger partial charge in [0.15, 0.2) is 0 Å². The summed E-state index contributed by atoms with van der Waals surface area (Å²) >= 11 is 0. The number of aryl methyl sites for hydroxylation is 2. The summed E-state index contributed by atoms with van der Waals surface area (Å²) in [6, 6.07) is 27.4. The second-order valence-corrected chi connectivity index (χ2v) is 6.73. The highest BCUT2D eigenvalue weighted by molar-refractivity contribution is 5.98. The Labute approximate surface area is 156 Å². The van der Waals surface area contributed by atoms with E-state index in [0.29, 0.717) is 0 Å². The maximum Gasteiger partial charge on any atom is 0.0646 e. The average molecular weight is 342 g/mol. The highest BCUT2D eigenvalue weighted by Crippen LogP contribution is 2.17. The van der Waals surface area contributed by atoms with Crippen LogP contribution in [0.1, 0.15) is 34.7 Å². The second kappa shape index (κ2) is 8.48. The van der Waals surface area contributed by atoms with Crippen LogP contribution >= 0.6 is 0 Å². The van der Waals surface area contributed by atoms with E-state index in [9.17, 15) is 0 Å². The van der Waals surface area contributed by atoms with Crippen LogP contribution in [0.2, 0.25) is 0 Å². The van der Waals surface area contributed by atoms with Crippen molar-refractivity contribution in [3.8, 4) is 0 Å². The van der Waals surface area contributed by atoms with E-state index >= 15 is 0 Å². The van der Waals surface area contributed by atoms with Crippen molar-refractivity contribution in [1.29, 1.82) is 0 Å². The fourth-order valence-electron chi connectivity index (χ4n) is 3.04. The molecule has 0 radical (unpaired) electrons. The minimum Gasteiger partial charge on any atom is -0.288 e. The molecule has 3 aromatic rings. The number of hydrazone groups is 1. The van der Waals surface area contributed by atoms with Crippen molar-refractivity contribution in [1.82, 2.24) is 5.01 Å². The zero-order valence-corrected chi connectivity index (χ0v) is 15.8. The van der Waals surface area contributed by atoms with E-state index in [4.69, 9.17) is 5.10 Å². The summed E-state index contributed by atoms with van der Waals surface area (Å²) in [5.41, 5.74) is 7.42. The lowest BCUT2D eigenvalue weighted by Crippen LogP contribution is -2.20. The predicted molar refractivity (Wildman–Crippen MR) is 110 cm³/mol. The molecule has 132 valence electrons. The maximum atomic E-state index is 4.97. The van der Waals surface area contributed by atoms with Gasteiger partial charge in [-0.3, -0.25) is 5.01 Å². The van der Waals surface area contributed by atoms with Crippen molar-refractivity contribution in [2.45, 2.75) is 33.9 Å². The van der Waals surface area contributed by atoms with Gasteiger partial charge < -0.3 is 0 Å². The summed E-state index contributed by atoms with van der Waals surface area (Å²) in [6.45, 7) is 8.00. The highest BCUT2D eigenvalue weighted by Gasteiger charge is 2.09. The molecule has 0 saturated carbocycles. The predicted octanol–water partition coefficient (Wildman–Crippen LogP) is 5.73. The summed E-state index contributed by atoms with van der Waals surface area (Å²) in [6.07, 6.45) is 0. The van der Waals surface area contributed by atoms with E-state index in [1.807, 2.05) is 6.07 Å². The van der Waals surface area contributed by atoms with Crippen LogP contribution in [0, 0.1) is 13.8 Å². The van der Waals surface area contributed by atoms with Gasteiger partial charge in [0, 0.05) is 0 Å². The third-order valence-corrected chi connectivity index (χ3v) is 4.71. The van der Waals surface area contributed by atoms with Crippen molar-refractivity contribution in [2.75, 3.05) is 0 Å². The number of hydrogen-bond donors (Lipinski definition) is 0. The summed E-state index contributed by atoms with van der Waals surface area (Å²) in [7, 11) is 0. The van der Waals surface area contributed by atoms with Gasteiger partial charge in [0.2, 0.25) is 0 Å². The molecule has 2 nitrogen and oxygen atoms in total. The van der Waals surface area contributed by atoms with Crippen LogP contribution in [0.4, 0.5) is 0 Å². The SMILES string of the molecule is C/C(=N\N(Cc1ccccc1C)Cc1ccccc1C)c1ccccc1. The van der Waals surface area contributed by atoms with Gasteiger partial charge in [-0.1, -0.05) is 78.9 Å². The fourth-order valence-corrected chi connectivity index (χ4v) is 3.04. The minimum absolute atomic E-state index is 0.797. The summed E-state index contributed by atoms with van der Waals surface area (Å²) in [4.78, 5) is 0. The smallest absolute Gasteiger partial charge is 0.0646 e. The van der Waals surface area contributed by atoms with E-state index in [-0.39, 0.29) is 0 Å². The molecule has 0 aromatic heterocycles. The highest BCUT2D eigenvalue weighted by atomic mass is 15.4. The van der Waals surface area contributed by atoms with E-state index < -0.39 is 0 Å². The van der Waals surface area contributed by atoms with Gasteiger partial charge in [-0.15, -0.1) is 0 Å². The molecule has 0 fully saturated rings. The molecule has 3 rings (SSSR count). The van der Waals surface area contributed by atoms with Gasteiger partial charge in [-0.25, -0.2) is 0 Å². The van der Waals surface area contributed by atoms with Gasteiger partial charge in [0.1, 0.15) is 0 Å². The molecule has 0 N–H and O–H groups in total. The molecule has 0 unspecified atom stereocenters. The lowest BCUT2D eigenvalue weighted by molar-refractivity contribution is 0.270. The first kappa shape index (κ1) is 17.9. The summed E-state index contributed by atoms with van der Waals surface area (Å²) in [5.74, 6) is 0. The first-order valence-corrected chi connectivity index (χ1v) is 9.08. The van der Waals surface area contributed by atoms with E-state index in [1.165, 1.54) is 22.3 Å². The van der Waals surface area contributed by atoms with Crippen LogP contribution in [0.25, 0.3) is 0 Å². The Morgan fingerprint density at radius 2 is 1.15 bits per heavy atom. The monoisotopic (exact) mass is 342 g/mol. The first-order valence-electron chi connectivity index (χ1n) is 9.08. The second-order valence-electron chi connectivity index (χ2n) is 6.73. The maximum absolute atomic E-state index is 4.97. The van der Waals surface area contributed by atoms with E-state index in [2.05, 4.69) is 98.6 Å². The van der Waals surface area contributed by atoms with Crippen molar-refractivity contribution < 1.29 is 0 Å². The molecule has 0 saturated heterocycles. The van der Waals surface area contributed by atoms with Crippen LogP contribution in [-0.4, -0.2) is 10.7 Å². The Morgan fingerprint density at radius 1 is 0.692 bits per heavy atom. The number of benzene rings is 3. The fraction of sp³-hybridized carbons (Fsp3) is 0.208. The van der Waals surface area contributed by atoms with E-state index in [1.54, 1.807) is 0 Å². The van der Waals surface area contributed by atoms with Crippen LogP contribution < -0.4 is 0 Å². The van der Waals surface area contributed by atoms with Crippen molar-refractivity contribution in [2.24, 2.45) is 5.10 Å². The Balaban J connectivity index is 1.91. The molecule has 0 aliphatic heterocycles. The third kappa shape index (κ3) is 4.60. The van der Waals surface area contributed by atoms with Crippen molar-refractivity contribution in [3.63, 3.8) is 0 Å².